The van der Waals surface area contributed by atoms with Gasteiger partial charge < -0.3 is 19.3 Å². The number of hydrogen-bond acceptors (Lipinski definition) is 7. The first-order valence-corrected chi connectivity index (χ1v) is 6.91. The zero-order chi connectivity index (χ0) is 17.4. The average Bonchev–Trinajstić information content (AvgIpc) is 2.56. The number of rotatable bonds is 4. The fraction of sp³-hybridized carbons (Fsp3) is 0.118. The summed E-state index contributed by atoms with van der Waals surface area (Å²) >= 11 is 0. The molecule has 24 heavy (non-hydrogen) atoms. The molecule has 7 nitrogen and oxygen atoms in total. The van der Waals surface area contributed by atoms with Crippen molar-refractivity contribution in [3.05, 3.63) is 48.3 Å². The summed E-state index contributed by atoms with van der Waals surface area (Å²) in [6, 6.07) is 3.12. The Morgan fingerprint density at radius 2 is 1.88 bits per heavy atom. The van der Waals surface area contributed by atoms with E-state index in [1.165, 1.54) is 44.8 Å². The van der Waals surface area contributed by atoms with Crippen LogP contribution in [0.4, 0.5) is 0 Å². The van der Waals surface area contributed by atoms with Crippen molar-refractivity contribution in [3.63, 3.8) is 0 Å². The predicted octanol–water partition coefficient (Wildman–Crippen LogP) is 2.48. The number of ether oxygens (including phenoxy) is 3. The topological polar surface area (TPSA) is 89.7 Å². The van der Waals surface area contributed by atoms with Crippen LogP contribution in [0.25, 0.3) is 6.08 Å². The lowest BCUT2D eigenvalue weighted by atomic mass is 10.1. The first kappa shape index (κ1) is 17.0. The number of methoxy groups -OCH3 is 2. The summed E-state index contributed by atoms with van der Waals surface area (Å²) in [5, 5.41) is 9.85. The maximum absolute atomic E-state index is 11.9. The van der Waals surface area contributed by atoms with Crippen LogP contribution in [0, 0.1) is 0 Å². The van der Waals surface area contributed by atoms with Crippen LogP contribution in [0.2, 0.25) is 0 Å². The summed E-state index contributed by atoms with van der Waals surface area (Å²) in [4.78, 5) is 19.7. The normalized spacial score (nSPS) is 19.5. The Kier molecular flexibility index (Phi) is 5.90. The van der Waals surface area contributed by atoms with E-state index in [2.05, 4.69) is 9.98 Å². The van der Waals surface area contributed by atoms with Crippen molar-refractivity contribution in [2.45, 2.75) is 0 Å². The van der Waals surface area contributed by atoms with Crippen LogP contribution in [0.15, 0.2) is 52.7 Å². The van der Waals surface area contributed by atoms with E-state index in [1.807, 2.05) is 0 Å². The Hall–Kier alpha value is -3.35. The van der Waals surface area contributed by atoms with E-state index in [0.717, 1.165) is 0 Å². The van der Waals surface area contributed by atoms with Crippen LogP contribution in [0.3, 0.4) is 0 Å². The second-order valence-corrected chi connectivity index (χ2v) is 4.45. The summed E-state index contributed by atoms with van der Waals surface area (Å²) in [5.41, 5.74) is 0.595. The van der Waals surface area contributed by atoms with Crippen LogP contribution in [-0.2, 0) is 9.53 Å². The van der Waals surface area contributed by atoms with Crippen molar-refractivity contribution in [3.8, 4) is 17.2 Å². The van der Waals surface area contributed by atoms with Crippen LogP contribution in [-0.4, -0.2) is 37.4 Å². The number of hydrogen-bond donors (Lipinski definition) is 1. The third-order valence-corrected chi connectivity index (χ3v) is 2.88. The Balaban J connectivity index is 2.11. The molecular formula is C17H16N2O5. The van der Waals surface area contributed by atoms with Gasteiger partial charge in [0.2, 0.25) is 11.6 Å². The Bertz CT molecular complexity index is 735. The van der Waals surface area contributed by atoms with Gasteiger partial charge in [0, 0.05) is 30.8 Å². The smallest absolute Gasteiger partial charge is 0.337 e. The molecule has 0 radical (unpaired) electrons. The van der Waals surface area contributed by atoms with Crippen molar-refractivity contribution in [2.75, 3.05) is 14.2 Å². The molecule has 0 saturated heterocycles. The molecule has 1 heterocycles. The number of aliphatic imine (C=N–C) groups is 2. The number of allylic oxidation sites excluding steroid dienone is 1. The van der Waals surface area contributed by atoms with Gasteiger partial charge in [0.15, 0.2) is 11.5 Å². The van der Waals surface area contributed by atoms with Crippen LogP contribution in [0.5, 0.6) is 17.2 Å². The van der Waals surface area contributed by atoms with Gasteiger partial charge in [0.1, 0.15) is 0 Å². The van der Waals surface area contributed by atoms with Crippen molar-refractivity contribution in [1.29, 1.82) is 0 Å². The van der Waals surface area contributed by atoms with Crippen LogP contribution in [0.1, 0.15) is 5.56 Å². The van der Waals surface area contributed by atoms with Crippen molar-refractivity contribution >= 4 is 24.2 Å². The number of aromatic hydroxyl groups is 1. The molecule has 0 atom stereocenters. The molecule has 0 unspecified atom stereocenters. The molecule has 124 valence electrons. The molecule has 1 aliphatic heterocycles. The number of carbonyl (C=O) groups excluding carboxylic acids is 1. The lowest BCUT2D eigenvalue weighted by Crippen LogP contribution is -2.07. The molecule has 2 rings (SSSR count). The van der Waals surface area contributed by atoms with E-state index in [-0.39, 0.29) is 23.1 Å². The molecule has 0 amide bonds. The minimum absolute atomic E-state index is 0.110. The maximum atomic E-state index is 11.9. The standard InChI is InChI=1S/C17H16N2O5/c1-22-13-10-12(11-14(23-2)17(13)21)4-5-16(20)24-15-6-9-18-7-3-8-19-15/h3-11,21H,1-2H3/b5-4?,7-3?,8-3-,9-6-,15-6?,18-7-,18-9?,19-8?,19-15+. The fourth-order valence-electron chi connectivity index (χ4n) is 1.78. The quantitative estimate of drug-likeness (QED) is 0.677. The lowest BCUT2D eigenvalue weighted by Gasteiger charge is -2.09. The van der Waals surface area contributed by atoms with Crippen molar-refractivity contribution in [1.82, 2.24) is 0 Å². The van der Waals surface area contributed by atoms with Gasteiger partial charge in [-0.2, -0.15) is 0 Å². The molecule has 7 heteroatoms. The molecule has 1 aromatic rings. The van der Waals surface area contributed by atoms with Crippen molar-refractivity contribution in [2.24, 2.45) is 9.98 Å². The maximum Gasteiger partial charge on any atom is 0.337 e. The Labute approximate surface area is 138 Å². The highest BCUT2D eigenvalue weighted by molar-refractivity contribution is 6.01. The number of benzene rings is 1. The summed E-state index contributed by atoms with van der Waals surface area (Å²) in [6.45, 7) is 0. The Morgan fingerprint density at radius 1 is 1.17 bits per heavy atom. The monoisotopic (exact) mass is 328 g/mol. The highest BCUT2D eigenvalue weighted by Gasteiger charge is 2.10. The zero-order valence-electron chi connectivity index (χ0n) is 13.2. The number of carbonyl (C=O) groups is 1. The molecule has 0 bridgehead atoms. The highest BCUT2D eigenvalue weighted by atomic mass is 16.5. The van der Waals surface area contributed by atoms with Gasteiger partial charge >= 0.3 is 5.97 Å². The van der Waals surface area contributed by atoms with Gasteiger partial charge in [0.05, 0.1) is 14.2 Å². The summed E-state index contributed by atoms with van der Waals surface area (Å²) in [7, 11) is 2.84. The van der Waals surface area contributed by atoms with Gasteiger partial charge in [-0.1, -0.05) is 0 Å². The van der Waals surface area contributed by atoms with Gasteiger partial charge in [-0.25, -0.2) is 9.79 Å². The van der Waals surface area contributed by atoms with Crippen LogP contribution >= 0.6 is 0 Å². The number of nitrogens with zero attached hydrogens (tertiary/aromatic N) is 2. The lowest BCUT2D eigenvalue weighted by molar-refractivity contribution is -0.129. The van der Waals surface area contributed by atoms with E-state index in [0.29, 0.717) is 5.56 Å². The van der Waals surface area contributed by atoms with E-state index in [1.54, 1.807) is 24.4 Å². The first-order valence-electron chi connectivity index (χ1n) is 6.91. The van der Waals surface area contributed by atoms with Gasteiger partial charge in [-0.15, -0.1) is 0 Å². The molecule has 0 spiro atoms. The number of esters is 1. The van der Waals surface area contributed by atoms with Crippen molar-refractivity contribution < 1.29 is 24.1 Å². The molecule has 0 aromatic heterocycles. The van der Waals surface area contributed by atoms with E-state index in [9.17, 15) is 9.90 Å². The van der Waals surface area contributed by atoms with E-state index < -0.39 is 5.97 Å². The van der Waals surface area contributed by atoms with Crippen LogP contribution < -0.4 is 9.47 Å². The average molecular weight is 328 g/mol. The second kappa shape index (κ2) is 8.33. The SMILES string of the molecule is COc1cc(C=CC(=O)OC2=N/C=C\C=N/C=C\2)cc(OC)c1O. The Morgan fingerprint density at radius 3 is 2.54 bits per heavy atom. The van der Waals surface area contributed by atoms with Gasteiger partial charge in [0.25, 0.3) is 0 Å². The minimum Gasteiger partial charge on any atom is -0.502 e. The molecular weight excluding hydrogens is 312 g/mol. The van der Waals surface area contributed by atoms with E-state index >= 15 is 0 Å². The third kappa shape index (κ3) is 4.57. The van der Waals surface area contributed by atoms with Gasteiger partial charge in [-0.3, -0.25) is 4.99 Å². The first-order chi connectivity index (χ1) is 11.6. The van der Waals surface area contributed by atoms with E-state index in [4.69, 9.17) is 14.2 Å². The molecule has 0 fully saturated rings. The van der Waals surface area contributed by atoms with Gasteiger partial charge in [-0.05, 0) is 29.8 Å². The predicted molar refractivity (Wildman–Crippen MR) is 90.5 cm³/mol. The minimum atomic E-state index is -0.609. The summed E-state index contributed by atoms with van der Waals surface area (Å²) in [5.74, 6) is -0.127. The molecule has 0 aliphatic carbocycles. The molecule has 0 saturated carbocycles. The summed E-state index contributed by atoms with van der Waals surface area (Å²) < 4.78 is 15.2. The number of phenols is 1. The molecule has 1 aromatic carbocycles. The molecule has 1 aliphatic rings. The third-order valence-electron chi connectivity index (χ3n) is 2.88. The highest BCUT2D eigenvalue weighted by Crippen LogP contribution is 2.37. The second-order valence-electron chi connectivity index (χ2n) is 4.45. The molecule has 1 N–H and O–H groups in total. The summed E-state index contributed by atoms with van der Waals surface area (Å²) in [6.07, 6.45) is 10.3. The zero-order valence-corrected chi connectivity index (χ0v) is 13.2. The number of phenolic OH excluding ortho intramolecular Hbond substituents is 1. The largest absolute Gasteiger partial charge is 0.502 e. The fourth-order valence-corrected chi connectivity index (χ4v) is 1.78.